The van der Waals surface area contributed by atoms with Gasteiger partial charge in [0, 0.05) is 11.3 Å². The minimum absolute atomic E-state index is 0.0163. The molecular weight excluding hydrogens is 317 g/mol. The van der Waals surface area contributed by atoms with Crippen molar-refractivity contribution in [2.24, 2.45) is 10.7 Å². The third kappa shape index (κ3) is 4.38. The third-order valence-electron chi connectivity index (χ3n) is 2.99. The highest BCUT2D eigenvalue weighted by Gasteiger charge is 2.10. The number of rotatable bonds is 5. The second-order valence-corrected chi connectivity index (χ2v) is 4.56. The first-order valence-corrected chi connectivity index (χ1v) is 6.83. The predicted molar refractivity (Wildman–Crippen MR) is 85.3 cm³/mol. The Labute approximate surface area is 137 Å². The normalized spacial score (nSPS) is 11.0. The number of hydrogen-bond donors (Lipinski definition) is 2. The molecule has 0 aliphatic rings. The van der Waals surface area contributed by atoms with Crippen molar-refractivity contribution in [2.75, 3.05) is 19.5 Å². The van der Waals surface area contributed by atoms with Gasteiger partial charge in [0.05, 0.1) is 33.2 Å². The van der Waals surface area contributed by atoms with Gasteiger partial charge < -0.3 is 20.5 Å². The molecule has 0 saturated carbocycles. The average Bonchev–Trinajstić information content (AvgIpc) is 2.61. The molecule has 0 spiro atoms. The number of nitrogens with two attached hydrogens (primary N) is 1. The number of anilines is 1. The van der Waals surface area contributed by atoms with Gasteiger partial charge in [-0.2, -0.15) is 0 Å². The van der Waals surface area contributed by atoms with E-state index >= 15 is 0 Å². The van der Waals surface area contributed by atoms with E-state index in [1.54, 1.807) is 0 Å². The number of carbonyl (C=O) groups excluding carboxylic acids is 1. The molecular formula is C15H16FN5O3. The lowest BCUT2D eigenvalue weighted by Gasteiger charge is -2.07. The van der Waals surface area contributed by atoms with Crippen LogP contribution in [-0.2, 0) is 11.3 Å². The maximum atomic E-state index is 13.8. The van der Waals surface area contributed by atoms with Gasteiger partial charge in [-0.25, -0.2) is 19.4 Å². The lowest BCUT2D eigenvalue weighted by atomic mass is 10.2. The molecule has 0 aliphatic carbocycles. The summed E-state index contributed by atoms with van der Waals surface area (Å²) in [4.78, 5) is 23.8. The Morgan fingerprint density at radius 1 is 1.33 bits per heavy atom. The average molecular weight is 333 g/mol. The minimum atomic E-state index is -0.484. The molecule has 2 rings (SSSR count). The highest BCUT2D eigenvalue weighted by molar-refractivity contribution is 6.02. The zero-order valence-electron chi connectivity index (χ0n) is 13.1. The van der Waals surface area contributed by atoms with Crippen LogP contribution in [0.1, 0.15) is 16.1 Å². The number of carbonyl (C=O) groups is 1. The van der Waals surface area contributed by atoms with E-state index < -0.39 is 11.7 Å². The van der Waals surface area contributed by atoms with Gasteiger partial charge in [0.25, 0.3) is 11.9 Å². The number of benzene rings is 1. The molecule has 0 unspecified atom stereocenters. The Morgan fingerprint density at radius 2 is 2.12 bits per heavy atom. The monoisotopic (exact) mass is 333 g/mol. The maximum absolute atomic E-state index is 13.8. The topological polar surface area (TPSA) is 112 Å². The van der Waals surface area contributed by atoms with Crippen LogP contribution < -0.4 is 15.8 Å². The summed E-state index contributed by atoms with van der Waals surface area (Å²) in [6.07, 6.45) is 2.61. The number of amides is 1. The Balaban J connectivity index is 2.12. The maximum Gasteiger partial charge on any atom is 0.281 e. The summed E-state index contributed by atoms with van der Waals surface area (Å²) in [5, 5.41) is 2.61. The first-order valence-electron chi connectivity index (χ1n) is 6.83. The van der Waals surface area contributed by atoms with Crippen LogP contribution in [0.2, 0.25) is 0 Å². The molecule has 0 atom stereocenters. The summed E-state index contributed by atoms with van der Waals surface area (Å²) in [6.45, 7) is -0.0163. The Bertz CT molecular complexity index is 749. The van der Waals surface area contributed by atoms with E-state index in [1.165, 1.54) is 44.8 Å². The molecule has 0 bridgehead atoms. The summed E-state index contributed by atoms with van der Waals surface area (Å²) >= 11 is 0. The van der Waals surface area contributed by atoms with Gasteiger partial charge in [0.1, 0.15) is 11.5 Å². The fraction of sp³-hybridized carbons (Fsp3) is 0.200. The van der Waals surface area contributed by atoms with Crippen molar-refractivity contribution in [2.45, 2.75) is 6.54 Å². The third-order valence-corrected chi connectivity index (χ3v) is 2.99. The largest absolute Gasteiger partial charge is 0.480 e. The van der Waals surface area contributed by atoms with Gasteiger partial charge in [0.15, 0.2) is 0 Å². The van der Waals surface area contributed by atoms with E-state index in [2.05, 4.69) is 20.3 Å². The van der Waals surface area contributed by atoms with Crippen molar-refractivity contribution in [1.29, 1.82) is 0 Å². The van der Waals surface area contributed by atoms with Gasteiger partial charge in [-0.1, -0.05) is 0 Å². The van der Waals surface area contributed by atoms with Crippen molar-refractivity contribution in [3.63, 3.8) is 0 Å². The van der Waals surface area contributed by atoms with Crippen LogP contribution in [0, 0.1) is 5.82 Å². The fourth-order valence-corrected chi connectivity index (χ4v) is 1.74. The summed E-state index contributed by atoms with van der Waals surface area (Å²) in [6, 6.07) is 4.05. The van der Waals surface area contributed by atoms with Crippen molar-refractivity contribution >= 4 is 17.6 Å². The highest BCUT2D eigenvalue weighted by Crippen LogP contribution is 2.16. The molecule has 2 aromatic rings. The molecule has 0 fully saturated rings. The number of methoxy groups -OCH3 is 2. The van der Waals surface area contributed by atoms with Crippen LogP contribution in [0.25, 0.3) is 0 Å². The molecule has 0 saturated heterocycles. The number of nitrogens with one attached hydrogen (secondary N) is 1. The number of amidine groups is 1. The van der Waals surface area contributed by atoms with E-state index in [9.17, 15) is 9.18 Å². The summed E-state index contributed by atoms with van der Waals surface area (Å²) < 4.78 is 23.3. The summed E-state index contributed by atoms with van der Waals surface area (Å²) in [7, 11) is 2.81. The second kappa shape index (κ2) is 7.86. The van der Waals surface area contributed by atoms with E-state index in [-0.39, 0.29) is 23.8 Å². The van der Waals surface area contributed by atoms with Crippen LogP contribution in [-0.4, -0.2) is 36.1 Å². The standard InChI is InChI=1S/C15H16FN5O3/c1-23-13-8-18-12(7-19-13)14(22)21-10-3-4-11(16)9(5-10)6-20-15(17)24-2/h3-5,7-8H,6H2,1-2H3,(H2,17,20)(H,21,22). The Morgan fingerprint density at radius 3 is 2.75 bits per heavy atom. The van der Waals surface area contributed by atoms with Crippen LogP contribution in [0.4, 0.5) is 10.1 Å². The Hall–Kier alpha value is -3.23. The van der Waals surface area contributed by atoms with Crippen LogP contribution in [0.5, 0.6) is 5.88 Å². The van der Waals surface area contributed by atoms with Crippen molar-refractivity contribution in [3.8, 4) is 5.88 Å². The molecule has 1 amide bonds. The highest BCUT2D eigenvalue weighted by atomic mass is 19.1. The molecule has 1 aromatic carbocycles. The minimum Gasteiger partial charge on any atom is -0.480 e. The smallest absolute Gasteiger partial charge is 0.281 e. The molecule has 0 aliphatic heterocycles. The van der Waals surface area contributed by atoms with E-state index in [1.807, 2.05) is 0 Å². The number of aliphatic imine (C=N–C) groups is 1. The Kier molecular flexibility index (Phi) is 5.61. The quantitative estimate of drug-likeness (QED) is 0.631. The number of hydrogen-bond acceptors (Lipinski definition) is 6. The van der Waals surface area contributed by atoms with Crippen molar-refractivity contribution < 1.29 is 18.7 Å². The number of aromatic nitrogens is 2. The van der Waals surface area contributed by atoms with Gasteiger partial charge in [-0.05, 0) is 18.2 Å². The molecule has 0 radical (unpaired) electrons. The molecule has 126 valence electrons. The first kappa shape index (κ1) is 17.1. The fourth-order valence-electron chi connectivity index (χ4n) is 1.74. The van der Waals surface area contributed by atoms with E-state index in [0.717, 1.165) is 0 Å². The first-order chi connectivity index (χ1) is 11.5. The molecule has 9 heteroatoms. The molecule has 1 aromatic heterocycles. The lowest BCUT2D eigenvalue weighted by Crippen LogP contribution is -2.15. The number of nitrogens with zero attached hydrogens (tertiary/aromatic N) is 3. The summed E-state index contributed by atoms with van der Waals surface area (Å²) in [5.74, 6) is -0.656. The van der Waals surface area contributed by atoms with Crippen LogP contribution in [0.3, 0.4) is 0 Å². The van der Waals surface area contributed by atoms with E-state index in [0.29, 0.717) is 11.6 Å². The van der Waals surface area contributed by atoms with Gasteiger partial charge in [0.2, 0.25) is 5.88 Å². The molecule has 3 N–H and O–H groups in total. The van der Waals surface area contributed by atoms with E-state index in [4.69, 9.17) is 15.2 Å². The zero-order chi connectivity index (χ0) is 17.5. The van der Waals surface area contributed by atoms with Gasteiger partial charge >= 0.3 is 0 Å². The van der Waals surface area contributed by atoms with Crippen molar-refractivity contribution in [3.05, 3.63) is 47.7 Å². The molecule has 24 heavy (non-hydrogen) atoms. The lowest BCUT2D eigenvalue weighted by molar-refractivity contribution is 0.102. The second-order valence-electron chi connectivity index (χ2n) is 4.56. The van der Waals surface area contributed by atoms with Crippen LogP contribution in [0.15, 0.2) is 35.6 Å². The number of ether oxygens (including phenoxy) is 2. The number of halogens is 1. The SMILES string of the molecule is COC(N)=NCc1cc(NC(=O)c2cnc(OC)cn2)ccc1F. The zero-order valence-corrected chi connectivity index (χ0v) is 13.1. The molecule has 8 nitrogen and oxygen atoms in total. The van der Waals surface area contributed by atoms with Gasteiger partial charge in [-0.3, -0.25) is 4.79 Å². The summed E-state index contributed by atoms with van der Waals surface area (Å²) in [5.41, 5.74) is 6.15. The van der Waals surface area contributed by atoms with Crippen LogP contribution >= 0.6 is 0 Å². The molecule has 1 heterocycles. The van der Waals surface area contributed by atoms with Gasteiger partial charge in [-0.15, -0.1) is 0 Å². The van der Waals surface area contributed by atoms with Crippen molar-refractivity contribution in [1.82, 2.24) is 9.97 Å². The predicted octanol–water partition coefficient (Wildman–Crippen LogP) is 1.34.